The molecular formula is C12H12Cl2N2O2S. The third kappa shape index (κ3) is 4.03. The Morgan fingerprint density at radius 2 is 2.21 bits per heavy atom. The van der Waals surface area contributed by atoms with E-state index in [1.807, 2.05) is 0 Å². The normalized spacial score (nSPS) is 14.8. The summed E-state index contributed by atoms with van der Waals surface area (Å²) in [5, 5.41) is 3.76. The first-order valence-electron chi connectivity index (χ1n) is 5.68. The average molecular weight is 319 g/mol. The van der Waals surface area contributed by atoms with Crippen LogP contribution in [0.5, 0.6) is 0 Å². The summed E-state index contributed by atoms with van der Waals surface area (Å²) < 4.78 is 0. The molecule has 7 heteroatoms. The largest absolute Gasteiger partial charge is 0.350 e. The number of rotatable bonds is 4. The summed E-state index contributed by atoms with van der Waals surface area (Å²) in [5.74, 6) is 0.552. The van der Waals surface area contributed by atoms with Crippen LogP contribution in [0.3, 0.4) is 0 Å². The molecule has 1 saturated heterocycles. The van der Waals surface area contributed by atoms with Crippen molar-refractivity contribution in [3.63, 3.8) is 0 Å². The van der Waals surface area contributed by atoms with E-state index in [1.54, 1.807) is 18.2 Å². The van der Waals surface area contributed by atoms with E-state index in [9.17, 15) is 9.59 Å². The molecule has 0 atom stereocenters. The van der Waals surface area contributed by atoms with E-state index in [0.717, 1.165) is 11.3 Å². The smallest absolute Gasteiger partial charge is 0.282 e. The van der Waals surface area contributed by atoms with Gasteiger partial charge in [-0.05, 0) is 17.7 Å². The van der Waals surface area contributed by atoms with Gasteiger partial charge >= 0.3 is 0 Å². The van der Waals surface area contributed by atoms with Gasteiger partial charge in [-0.25, -0.2) is 0 Å². The van der Waals surface area contributed by atoms with E-state index in [2.05, 4.69) is 5.32 Å². The first-order chi connectivity index (χ1) is 9.06. The van der Waals surface area contributed by atoms with E-state index in [4.69, 9.17) is 23.2 Å². The molecule has 1 fully saturated rings. The van der Waals surface area contributed by atoms with Crippen molar-refractivity contribution >= 4 is 46.1 Å². The summed E-state index contributed by atoms with van der Waals surface area (Å²) in [7, 11) is 0. The molecule has 4 nitrogen and oxygen atoms in total. The second kappa shape index (κ2) is 6.50. The molecule has 2 rings (SSSR count). The lowest BCUT2D eigenvalue weighted by atomic mass is 10.2. The molecule has 1 N–H and O–H groups in total. The molecule has 1 aliphatic heterocycles. The maximum Gasteiger partial charge on any atom is 0.282 e. The minimum absolute atomic E-state index is 0.0420. The number of hydrogen-bond acceptors (Lipinski definition) is 3. The topological polar surface area (TPSA) is 49.4 Å². The first-order valence-corrected chi connectivity index (χ1v) is 7.43. The minimum atomic E-state index is -0.193. The Morgan fingerprint density at radius 1 is 1.42 bits per heavy atom. The molecule has 1 aromatic carbocycles. The Balaban J connectivity index is 1.84. The van der Waals surface area contributed by atoms with Gasteiger partial charge in [0.25, 0.3) is 5.24 Å². The highest BCUT2D eigenvalue weighted by Gasteiger charge is 2.22. The van der Waals surface area contributed by atoms with Gasteiger partial charge in [0, 0.05) is 28.9 Å². The Bertz CT molecular complexity index is 511. The predicted molar refractivity (Wildman–Crippen MR) is 77.7 cm³/mol. The summed E-state index contributed by atoms with van der Waals surface area (Å²) in [6.07, 6.45) is 0. The molecule has 0 radical (unpaired) electrons. The van der Waals surface area contributed by atoms with Crippen molar-refractivity contribution in [2.75, 3.05) is 18.8 Å². The van der Waals surface area contributed by atoms with Crippen molar-refractivity contribution in [1.82, 2.24) is 10.2 Å². The van der Waals surface area contributed by atoms with E-state index in [-0.39, 0.29) is 17.7 Å². The second-order valence-corrected chi connectivity index (χ2v) is 5.94. The van der Waals surface area contributed by atoms with Gasteiger partial charge in [-0.15, -0.1) is 0 Å². The van der Waals surface area contributed by atoms with Gasteiger partial charge in [-0.1, -0.05) is 41.0 Å². The van der Waals surface area contributed by atoms with E-state index < -0.39 is 0 Å². The Labute approximate surface area is 125 Å². The van der Waals surface area contributed by atoms with Crippen molar-refractivity contribution < 1.29 is 9.59 Å². The lowest BCUT2D eigenvalue weighted by molar-refractivity contribution is -0.121. The Kier molecular flexibility index (Phi) is 4.96. The highest BCUT2D eigenvalue weighted by molar-refractivity contribution is 8.13. The van der Waals surface area contributed by atoms with Crippen LogP contribution in [0, 0.1) is 0 Å². The van der Waals surface area contributed by atoms with Crippen LogP contribution in [-0.4, -0.2) is 34.9 Å². The standard InChI is InChI=1S/C12H12Cl2N2O2S/c13-9-2-1-8(10(14)5-9)6-15-11(17)7-16-3-4-19-12(16)18/h1-2,5H,3-4,6-7H2,(H,15,17). The molecule has 1 aliphatic rings. The number of nitrogens with zero attached hydrogens (tertiary/aromatic N) is 1. The molecule has 0 spiro atoms. The number of amides is 2. The van der Waals surface area contributed by atoms with Gasteiger partial charge in [0.05, 0.1) is 0 Å². The van der Waals surface area contributed by atoms with E-state index in [0.29, 0.717) is 23.1 Å². The zero-order chi connectivity index (χ0) is 13.8. The van der Waals surface area contributed by atoms with Crippen LogP contribution in [0.2, 0.25) is 10.0 Å². The van der Waals surface area contributed by atoms with Gasteiger partial charge < -0.3 is 10.2 Å². The molecule has 0 bridgehead atoms. The Morgan fingerprint density at radius 3 is 2.84 bits per heavy atom. The van der Waals surface area contributed by atoms with Crippen LogP contribution in [-0.2, 0) is 11.3 Å². The van der Waals surface area contributed by atoms with Crippen LogP contribution in [0.25, 0.3) is 0 Å². The summed E-state index contributed by atoms with van der Waals surface area (Å²) in [6, 6.07) is 5.11. The molecule has 1 heterocycles. The van der Waals surface area contributed by atoms with Gasteiger partial charge in [-0.3, -0.25) is 9.59 Å². The molecule has 0 aromatic heterocycles. The maximum absolute atomic E-state index is 11.7. The van der Waals surface area contributed by atoms with E-state index in [1.165, 1.54) is 16.7 Å². The third-order valence-electron chi connectivity index (χ3n) is 2.67. The average Bonchev–Trinajstić information content (AvgIpc) is 2.74. The van der Waals surface area contributed by atoms with Crippen LogP contribution in [0.4, 0.5) is 4.79 Å². The van der Waals surface area contributed by atoms with Crippen LogP contribution >= 0.6 is 35.0 Å². The maximum atomic E-state index is 11.7. The van der Waals surface area contributed by atoms with Gasteiger partial charge in [0.15, 0.2) is 0 Å². The third-order valence-corrected chi connectivity index (χ3v) is 4.15. The number of carbonyl (C=O) groups is 2. The van der Waals surface area contributed by atoms with Crippen LogP contribution < -0.4 is 5.32 Å². The summed E-state index contributed by atoms with van der Waals surface area (Å²) in [4.78, 5) is 24.6. The SMILES string of the molecule is O=C(CN1CCSC1=O)NCc1ccc(Cl)cc1Cl. The molecule has 19 heavy (non-hydrogen) atoms. The monoisotopic (exact) mass is 318 g/mol. The molecule has 102 valence electrons. The highest BCUT2D eigenvalue weighted by atomic mass is 35.5. The van der Waals surface area contributed by atoms with Crippen molar-refractivity contribution in [3.8, 4) is 0 Å². The Hall–Kier alpha value is -0.910. The molecule has 1 aromatic rings. The summed E-state index contributed by atoms with van der Waals surface area (Å²) >= 11 is 13.0. The van der Waals surface area contributed by atoms with Crippen LogP contribution in [0.1, 0.15) is 5.56 Å². The molecule has 0 aliphatic carbocycles. The summed E-state index contributed by atoms with van der Waals surface area (Å²) in [6.45, 7) is 1.04. The van der Waals surface area contributed by atoms with E-state index >= 15 is 0 Å². The predicted octanol–water partition coefficient (Wildman–Crippen LogP) is 2.78. The van der Waals surface area contributed by atoms with Crippen molar-refractivity contribution in [1.29, 1.82) is 0 Å². The number of thioether (sulfide) groups is 1. The summed E-state index contributed by atoms with van der Waals surface area (Å²) in [5.41, 5.74) is 0.793. The van der Waals surface area contributed by atoms with Gasteiger partial charge in [0.1, 0.15) is 6.54 Å². The molecular weight excluding hydrogens is 307 g/mol. The minimum Gasteiger partial charge on any atom is -0.350 e. The fourth-order valence-electron chi connectivity index (χ4n) is 1.66. The van der Waals surface area contributed by atoms with Crippen molar-refractivity contribution in [3.05, 3.63) is 33.8 Å². The van der Waals surface area contributed by atoms with Crippen LogP contribution in [0.15, 0.2) is 18.2 Å². The second-order valence-electron chi connectivity index (χ2n) is 4.05. The van der Waals surface area contributed by atoms with Crippen molar-refractivity contribution in [2.45, 2.75) is 6.54 Å². The number of halogens is 2. The van der Waals surface area contributed by atoms with Gasteiger partial charge in [0.2, 0.25) is 5.91 Å². The first kappa shape index (κ1) is 14.5. The fourth-order valence-corrected chi connectivity index (χ4v) is 2.96. The molecule has 2 amide bonds. The number of benzene rings is 1. The van der Waals surface area contributed by atoms with Crippen molar-refractivity contribution in [2.24, 2.45) is 0 Å². The number of hydrogen-bond donors (Lipinski definition) is 1. The molecule has 0 unspecified atom stereocenters. The number of carbonyl (C=O) groups excluding carboxylic acids is 2. The lowest BCUT2D eigenvalue weighted by Gasteiger charge is -2.14. The fraction of sp³-hybridized carbons (Fsp3) is 0.333. The lowest BCUT2D eigenvalue weighted by Crippen LogP contribution is -2.37. The zero-order valence-electron chi connectivity index (χ0n) is 9.99. The highest BCUT2D eigenvalue weighted by Crippen LogP contribution is 2.21. The quantitative estimate of drug-likeness (QED) is 0.928. The molecule has 0 saturated carbocycles. The number of nitrogens with one attached hydrogen (secondary N) is 1. The van der Waals surface area contributed by atoms with Gasteiger partial charge in [-0.2, -0.15) is 0 Å². The zero-order valence-corrected chi connectivity index (χ0v) is 12.3.